The number of thiophene rings is 1. The van der Waals surface area contributed by atoms with Gasteiger partial charge in [0.25, 0.3) is 0 Å². The Bertz CT molecular complexity index is 848. The number of hydrogen-bond donors (Lipinski definition) is 1. The molecule has 9 heteroatoms. The first-order valence-corrected chi connectivity index (χ1v) is 9.78. The zero-order chi connectivity index (χ0) is 17.8. The monoisotopic (exact) mass is 393 g/mol. The van der Waals surface area contributed by atoms with E-state index in [1.165, 1.54) is 18.0 Å². The number of carbonyl (C=O) groups excluding carboxylic acids is 1. The molecule has 130 valence electrons. The van der Waals surface area contributed by atoms with E-state index in [9.17, 15) is 4.79 Å². The number of thioether (sulfide) groups is 1. The quantitative estimate of drug-likeness (QED) is 0.635. The van der Waals surface area contributed by atoms with E-state index in [0.717, 1.165) is 22.4 Å². The van der Waals surface area contributed by atoms with Crippen LogP contribution in [0.1, 0.15) is 13.8 Å². The Morgan fingerprint density at radius 2 is 2.24 bits per heavy atom. The third-order valence-electron chi connectivity index (χ3n) is 3.40. The minimum Gasteiger partial charge on any atom is -0.310 e. The Morgan fingerprint density at radius 1 is 1.40 bits per heavy atom. The minimum atomic E-state index is -0.344. The Kier molecular flexibility index (Phi) is 5.72. The lowest BCUT2D eigenvalue weighted by Gasteiger charge is -2.12. The van der Waals surface area contributed by atoms with Gasteiger partial charge in [0, 0.05) is 12.7 Å². The summed E-state index contributed by atoms with van der Waals surface area (Å²) in [4.78, 5) is 17.5. The number of amides is 1. The Balaban J connectivity index is 1.71. The molecule has 0 fully saturated rings. The molecule has 1 amide bonds. The predicted octanol–water partition coefficient (Wildman–Crippen LogP) is 4.19. The highest BCUT2D eigenvalue weighted by Crippen LogP contribution is 2.29. The van der Waals surface area contributed by atoms with Crippen molar-refractivity contribution in [2.75, 3.05) is 5.32 Å². The minimum absolute atomic E-state index is 0.150. The average molecular weight is 394 g/mol. The number of hydrogen-bond acceptors (Lipinski definition) is 6. The van der Waals surface area contributed by atoms with Crippen LogP contribution < -0.4 is 5.32 Å². The summed E-state index contributed by atoms with van der Waals surface area (Å²) in [5.74, 6) is 1.15. The summed E-state index contributed by atoms with van der Waals surface area (Å²) in [7, 11) is 0. The first-order chi connectivity index (χ1) is 12.1. The van der Waals surface area contributed by atoms with Crippen molar-refractivity contribution in [3.05, 3.63) is 40.9 Å². The SMILES string of the molecule is CCn1c(SC(C)C(=O)Nc2ccc(Cl)cn2)nnc1-c1cccs1. The van der Waals surface area contributed by atoms with E-state index >= 15 is 0 Å². The van der Waals surface area contributed by atoms with E-state index in [-0.39, 0.29) is 11.2 Å². The van der Waals surface area contributed by atoms with E-state index in [4.69, 9.17) is 11.6 Å². The van der Waals surface area contributed by atoms with Crippen molar-refractivity contribution in [2.24, 2.45) is 0 Å². The predicted molar refractivity (Wildman–Crippen MR) is 102 cm³/mol. The fourth-order valence-corrected chi connectivity index (χ4v) is 3.88. The molecule has 3 aromatic heterocycles. The molecular formula is C16H16ClN5OS2. The summed E-state index contributed by atoms with van der Waals surface area (Å²) in [6, 6.07) is 7.35. The molecule has 0 aromatic carbocycles. The van der Waals surface area contributed by atoms with Crippen molar-refractivity contribution in [2.45, 2.75) is 30.8 Å². The number of rotatable bonds is 6. The molecule has 1 unspecified atom stereocenters. The third kappa shape index (κ3) is 4.20. The van der Waals surface area contributed by atoms with Crippen LogP contribution in [-0.2, 0) is 11.3 Å². The highest BCUT2D eigenvalue weighted by molar-refractivity contribution is 8.00. The lowest BCUT2D eigenvalue weighted by molar-refractivity contribution is -0.115. The summed E-state index contributed by atoms with van der Waals surface area (Å²) in [5.41, 5.74) is 0. The number of anilines is 1. The van der Waals surface area contributed by atoms with Gasteiger partial charge in [0.2, 0.25) is 5.91 Å². The van der Waals surface area contributed by atoms with Gasteiger partial charge in [-0.05, 0) is 37.4 Å². The van der Waals surface area contributed by atoms with Crippen LogP contribution in [0.15, 0.2) is 41.0 Å². The van der Waals surface area contributed by atoms with Crippen LogP contribution in [0.2, 0.25) is 5.02 Å². The van der Waals surface area contributed by atoms with Crippen LogP contribution in [-0.4, -0.2) is 30.9 Å². The van der Waals surface area contributed by atoms with Gasteiger partial charge in [-0.25, -0.2) is 4.98 Å². The Hall–Kier alpha value is -1.90. The van der Waals surface area contributed by atoms with Crippen molar-refractivity contribution in [1.82, 2.24) is 19.7 Å². The van der Waals surface area contributed by atoms with Crippen LogP contribution in [0.25, 0.3) is 10.7 Å². The lowest BCUT2D eigenvalue weighted by Crippen LogP contribution is -2.23. The summed E-state index contributed by atoms with van der Waals surface area (Å²) in [6.07, 6.45) is 1.50. The second kappa shape index (κ2) is 7.99. The molecule has 0 radical (unpaired) electrons. The van der Waals surface area contributed by atoms with Crippen LogP contribution >= 0.6 is 34.7 Å². The highest BCUT2D eigenvalue weighted by Gasteiger charge is 2.21. The molecule has 0 bridgehead atoms. The van der Waals surface area contributed by atoms with Gasteiger partial charge >= 0.3 is 0 Å². The average Bonchev–Trinajstić information content (AvgIpc) is 3.25. The molecule has 0 spiro atoms. The molecule has 0 aliphatic heterocycles. The van der Waals surface area contributed by atoms with Crippen LogP contribution in [0, 0.1) is 0 Å². The van der Waals surface area contributed by atoms with Gasteiger partial charge in [-0.3, -0.25) is 4.79 Å². The van der Waals surface area contributed by atoms with Crippen molar-refractivity contribution in [3.63, 3.8) is 0 Å². The van der Waals surface area contributed by atoms with Gasteiger partial charge in [-0.1, -0.05) is 29.4 Å². The maximum Gasteiger partial charge on any atom is 0.238 e. The summed E-state index contributed by atoms with van der Waals surface area (Å²) in [5, 5.41) is 14.2. The summed E-state index contributed by atoms with van der Waals surface area (Å²) >= 11 is 8.79. The lowest BCUT2D eigenvalue weighted by atomic mass is 10.4. The fourth-order valence-electron chi connectivity index (χ4n) is 2.14. The molecule has 25 heavy (non-hydrogen) atoms. The van der Waals surface area contributed by atoms with E-state index in [1.807, 2.05) is 35.9 Å². The molecule has 0 saturated heterocycles. The van der Waals surface area contributed by atoms with Crippen molar-refractivity contribution in [3.8, 4) is 10.7 Å². The number of nitrogens with zero attached hydrogens (tertiary/aromatic N) is 4. The zero-order valence-corrected chi connectivity index (χ0v) is 16.0. The smallest absolute Gasteiger partial charge is 0.238 e. The van der Waals surface area contributed by atoms with E-state index in [0.29, 0.717) is 10.8 Å². The molecule has 0 aliphatic carbocycles. The van der Waals surface area contributed by atoms with Gasteiger partial charge in [-0.2, -0.15) is 0 Å². The topological polar surface area (TPSA) is 72.7 Å². The molecule has 3 heterocycles. The molecule has 1 atom stereocenters. The van der Waals surface area contributed by atoms with Crippen LogP contribution in [0.3, 0.4) is 0 Å². The highest BCUT2D eigenvalue weighted by atomic mass is 35.5. The van der Waals surface area contributed by atoms with Gasteiger partial charge in [0.1, 0.15) is 5.82 Å². The molecule has 1 N–H and O–H groups in total. The number of halogens is 1. The van der Waals surface area contributed by atoms with E-state index in [2.05, 4.69) is 20.5 Å². The summed E-state index contributed by atoms with van der Waals surface area (Å²) in [6.45, 7) is 4.60. The van der Waals surface area contributed by atoms with Gasteiger partial charge in [0.15, 0.2) is 11.0 Å². The molecule has 3 aromatic rings. The Labute approximate surface area is 158 Å². The van der Waals surface area contributed by atoms with Gasteiger partial charge in [0.05, 0.1) is 15.1 Å². The number of pyridine rings is 1. The maximum absolute atomic E-state index is 12.4. The number of aromatic nitrogens is 4. The van der Waals surface area contributed by atoms with E-state index in [1.54, 1.807) is 23.5 Å². The van der Waals surface area contributed by atoms with Crippen LogP contribution in [0.5, 0.6) is 0 Å². The molecule has 0 aliphatic rings. The first-order valence-electron chi connectivity index (χ1n) is 7.64. The number of carbonyl (C=O) groups is 1. The van der Waals surface area contributed by atoms with Crippen molar-refractivity contribution in [1.29, 1.82) is 0 Å². The standard InChI is InChI=1S/C16H16ClN5OS2/c1-3-22-14(12-5-4-8-24-12)20-21-16(22)25-10(2)15(23)19-13-7-6-11(17)9-18-13/h4-10H,3H2,1-2H3,(H,18,19,23). The van der Waals surface area contributed by atoms with Gasteiger partial charge < -0.3 is 9.88 Å². The second-order valence-electron chi connectivity index (χ2n) is 5.14. The fraction of sp³-hybridized carbons (Fsp3) is 0.250. The molecule has 6 nitrogen and oxygen atoms in total. The van der Waals surface area contributed by atoms with Crippen molar-refractivity contribution >= 4 is 46.4 Å². The number of nitrogens with one attached hydrogen (secondary N) is 1. The second-order valence-corrected chi connectivity index (χ2v) is 7.83. The summed E-state index contributed by atoms with van der Waals surface area (Å²) < 4.78 is 2.01. The van der Waals surface area contributed by atoms with Crippen LogP contribution in [0.4, 0.5) is 5.82 Å². The largest absolute Gasteiger partial charge is 0.310 e. The van der Waals surface area contributed by atoms with E-state index < -0.39 is 0 Å². The molecule has 0 saturated carbocycles. The third-order valence-corrected chi connectivity index (χ3v) is 5.57. The van der Waals surface area contributed by atoms with Gasteiger partial charge in [-0.15, -0.1) is 21.5 Å². The first kappa shape index (κ1) is 17.9. The van der Waals surface area contributed by atoms with Crippen molar-refractivity contribution < 1.29 is 4.79 Å². The zero-order valence-electron chi connectivity index (χ0n) is 13.6. The maximum atomic E-state index is 12.4. The Morgan fingerprint density at radius 3 is 2.88 bits per heavy atom. The molecular weight excluding hydrogens is 378 g/mol. The normalized spacial score (nSPS) is 12.1. The molecule has 3 rings (SSSR count).